The van der Waals surface area contributed by atoms with Crippen LogP contribution in [0.1, 0.15) is 32.6 Å². The normalized spacial score (nSPS) is 34.9. The molecular formula is C13H27N3. The largest absolute Gasteiger partial charge is 0.315 e. The van der Waals surface area contributed by atoms with Gasteiger partial charge in [0, 0.05) is 31.7 Å². The van der Waals surface area contributed by atoms with Crippen molar-refractivity contribution in [1.82, 2.24) is 15.1 Å². The van der Waals surface area contributed by atoms with E-state index in [9.17, 15) is 0 Å². The Hall–Kier alpha value is -0.120. The maximum Gasteiger partial charge on any atom is 0.0224 e. The Labute approximate surface area is 100 Å². The van der Waals surface area contributed by atoms with Crippen LogP contribution in [-0.4, -0.2) is 61.7 Å². The Morgan fingerprint density at radius 1 is 1.25 bits per heavy atom. The number of nitrogens with zero attached hydrogens (tertiary/aromatic N) is 2. The number of piperidine rings is 1. The van der Waals surface area contributed by atoms with Gasteiger partial charge in [-0.1, -0.05) is 6.92 Å². The summed E-state index contributed by atoms with van der Waals surface area (Å²) in [6.45, 7) is 8.60. The van der Waals surface area contributed by atoms with E-state index in [0.717, 1.165) is 12.1 Å². The van der Waals surface area contributed by atoms with Gasteiger partial charge in [-0.2, -0.15) is 0 Å². The minimum absolute atomic E-state index is 0.775. The molecule has 0 aromatic carbocycles. The fourth-order valence-corrected chi connectivity index (χ4v) is 3.22. The van der Waals surface area contributed by atoms with E-state index in [1.54, 1.807) is 0 Å². The fourth-order valence-electron chi connectivity index (χ4n) is 3.22. The Balaban J connectivity index is 1.98. The molecule has 0 amide bonds. The summed E-state index contributed by atoms with van der Waals surface area (Å²) in [5.74, 6) is 0. The molecule has 0 saturated carbocycles. The van der Waals surface area contributed by atoms with Crippen molar-refractivity contribution in [2.75, 3.05) is 39.8 Å². The van der Waals surface area contributed by atoms with Crippen molar-refractivity contribution in [1.29, 1.82) is 0 Å². The van der Waals surface area contributed by atoms with Gasteiger partial charge in [-0.05, 0) is 45.8 Å². The monoisotopic (exact) mass is 225 g/mol. The summed E-state index contributed by atoms with van der Waals surface area (Å²) in [5, 5.41) is 3.55. The van der Waals surface area contributed by atoms with E-state index >= 15 is 0 Å². The third-order valence-electron chi connectivity index (χ3n) is 4.16. The highest BCUT2D eigenvalue weighted by atomic mass is 15.3. The first-order valence-electron chi connectivity index (χ1n) is 6.96. The molecule has 2 rings (SSSR count). The lowest BCUT2D eigenvalue weighted by molar-refractivity contribution is 0.109. The predicted molar refractivity (Wildman–Crippen MR) is 68.8 cm³/mol. The van der Waals surface area contributed by atoms with Gasteiger partial charge in [0.05, 0.1) is 0 Å². The molecule has 0 spiro atoms. The van der Waals surface area contributed by atoms with Crippen LogP contribution in [0.4, 0.5) is 0 Å². The average Bonchev–Trinajstić information content (AvgIpc) is 2.51. The summed E-state index contributed by atoms with van der Waals surface area (Å²) in [6, 6.07) is 1.57. The first-order valence-corrected chi connectivity index (χ1v) is 6.96. The molecule has 2 atom stereocenters. The molecule has 0 aromatic rings. The molecule has 2 heterocycles. The van der Waals surface area contributed by atoms with Crippen molar-refractivity contribution in [3.05, 3.63) is 0 Å². The summed E-state index contributed by atoms with van der Waals surface area (Å²) in [5.41, 5.74) is 0. The van der Waals surface area contributed by atoms with Gasteiger partial charge >= 0.3 is 0 Å². The summed E-state index contributed by atoms with van der Waals surface area (Å²) in [7, 11) is 2.27. The van der Waals surface area contributed by atoms with Crippen molar-refractivity contribution >= 4 is 0 Å². The van der Waals surface area contributed by atoms with Crippen LogP contribution in [0.25, 0.3) is 0 Å². The lowest BCUT2D eigenvalue weighted by Gasteiger charge is -2.39. The van der Waals surface area contributed by atoms with Crippen LogP contribution in [0.2, 0.25) is 0 Å². The number of hydrogen-bond acceptors (Lipinski definition) is 3. The highest BCUT2D eigenvalue weighted by Crippen LogP contribution is 2.19. The molecule has 3 nitrogen and oxygen atoms in total. The van der Waals surface area contributed by atoms with E-state index in [0.29, 0.717) is 0 Å². The molecule has 0 bridgehead atoms. The molecule has 3 heteroatoms. The summed E-state index contributed by atoms with van der Waals surface area (Å²) in [4.78, 5) is 5.29. The molecule has 0 aliphatic carbocycles. The van der Waals surface area contributed by atoms with Crippen LogP contribution in [0.15, 0.2) is 0 Å². The second-order valence-corrected chi connectivity index (χ2v) is 5.42. The van der Waals surface area contributed by atoms with E-state index < -0.39 is 0 Å². The lowest BCUT2D eigenvalue weighted by Crippen LogP contribution is -2.51. The summed E-state index contributed by atoms with van der Waals surface area (Å²) < 4.78 is 0. The molecule has 1 N–H and O–H groups in total. The summed E-state index contributed by atoms with van der Waals surface area (Å²) in [6.07, 6.45) is 5.38. The maximum absolute atomic E-state index is 3.55. The highest BCUT2D eigenvalue weighted by Gasteiger charge is 2.28. The number of likely N-dealkylation sites (N-methyl/N-ethyl adjacent to an activating group) is 1. The Morgan fingerprint density at radius 2 is 2.12 bits per heavy atom. The van der Waals surface area contributed by atoms with E-state index in [1.165, 1.54) is 58.4 Å². The highest BCUT2D eigenvalue weighted by molar-refractivity contribution is 4.86. The zero-order valence-electron chi connectivity index (χ0n) is 10.9. The van der Waals surface area contributed by atoms with Crippen molar-refractivity contribution in [2.24, 2.45) is 0 Å². The van der Waals surface area contributed by atoms with Crippen LogP contribution in [-0.2, 0) is 0 Å². The van der Waals surface area contributed by atoms with E-state index in [-0.39, 0.29) is 0 Å². The van der Waals surface area contributed by atoms with Gasteiger partial charge < -0.3 is 10.2 Å². The van der Waals surface area contributed by atoms with Crippen molar-refractivity contribution in [3.8, 4) is 0 Å². The van der Waals surface area contributed by atoms with Gasteiger partial charge in [0.25, 0.3) is 0 Å². The molecule has 2 aliphatic rings. The number of nitrogens with one attached hydrogen (secondary N) is 1. The van der Waals surface area contributed by atoms with Gasteiger partial charge in [0.2, 0.25) is 0 Å². The van der Waals surface area contributed by atoms with Crippen LogP contribution >= 0.6 is 0 Å². The minimum Gasteiger partial charge on any atom is -0.315 e. The standard InChI is InChI=1S/C13H27N3/c1-3-12-11-15(2)8-5-9-16(12)13-6-4-7-14-10-13/h12-14H,3-11H2,1-2H3. The van der Waals surface area contributed by atoms with Gasteiger partial charge in [-0.15, -0.1) is 0 Å². The Morgan fingerprint density at radius 3 is 2.81 bits per heavy atom. The van der Waals surface area contributed by atoms with Gasteiger partial charge in [0.1, 0.15) is 0 Å². The van der Waals surface area contributed by atoms with Crippen LogP contribution < -0.4 is 5.32 Å². The fraction of sp³-hybridized carbons (Fsp3) is 1.00. The molecule has 2 aliphatic heterocycles. The van der Waals surface area contributed by atoms with E-state index in [1.807, 2.05) is 0 Å². The van der Waals surface area contributed by atoms with Crippen molar-refractivity contribution in [2.45, 2.75) is 44.7 Å². The average molecular weight is 225 g/mol. The number of rotatable bonds is 2. The molecule has 2 saturated heterocycles. The summed E-state index contributed by atoms with van der Waals surface area (Å²) >= 11 is 0. The molecule has 16 heavy (non-hydrogen) atoms. The third-order valence-corrected chi connectivity index (χ3v) is 4.16. The zero-order chi connectivity index (χ0) is 11.4. The zero-order valence-corrected chi connectivity index (χ0v) is 10.9. The SMILES string of the molecule is CCC1CN(C)CCCN1C1CCCNC1. The Kier molecular flexibility index (Phi) is 4.62. The topological polar surface area (TPSA) is 18.5 Å². The predicted octanol–water partition coefficient (Wildman–Crippen LogP) is 1.15. The lowest BCUT2D eigenvalue weighted by atomic mass is 10.0. The molecule has 94 valence electrons. The van der Waals surface area contributed by atoms with Crippen LogP contribution in [0, 0.1) is 0 Å². The second kappa shape index (κ2) is 5.99. The quantitative estimate of drug-likeness (QED) is 0.761. The van der Waals surface area contributed by atoms with Gasteiger partial charge in [-0.3, -0.25) is 4.90 Å². The van der Waals surface area contributed by atoms with Crippen LogP contribution in [0.3, 0.4) is 0 Å². The second-order valence-electron chi connectivity index (χ2n) is 5.42. The number of hydrogen-bond donors (Lipinski definition) is 1. The molecule has 2 fully saturated rings. The maximum atomic E-state index is 3.55. The third kappa shape index (κ3) is 2.96. The van der Waals surface area contributed by atoms with Gasteiger partial charge in [-0.25, -0.2) is 0 Å². The molecule has 2 unspecified atom stereocenters. The molecular weight excluding hydrogens is 198 g/mol. The van der Waals surface area contributed by atoms with Crippen molar-refractivity contribution in [3.63, 3.8) is 0 Å². The first kappa shape index (κ1) is 12.3. The Bertz CT molecular complexity index is 201. The minimum atomic E-state index is 0.775. The van der Waals surface area contributed by atoms with E-state index in [4.69, 9.17) is 0 Å². The van der Waals surface area contributed by atoms with Gasteiger partial charge in [0.15, 0.2) is 0 Å². The van der Waals surface area contributed by atoms with E-state index in [2.05, 4.69) is 29.1 Å². The smallest absolute Gasteiger partial charge is 0.0224 e. The van der Waals surface area contributed by atoms with Crippen LogP contribution in [0.5, 0.6) is 0 Å². The first-order chi connectivity index (χ1) is 7.81. The molecule has 0 aromatic heterocycles. The molecule has 0 radical (unpaired) electrons. The van der Waals surface area contributed by atoms with Crippen molar-refractivity contribution < 1.29 is 0 Å².